The predicted octanol–water partition coefficient (Wildman–Crippen LogP) is 2.76. The van der Waals surface area contributed by atoms with Gasteiger partial charge in [-0.2, -0.15) is 0 Å². The number of aliphatic carboxylic acids is 1. The van der Waals surface area contributed by atoms with Crippen molar-refractivity contribution >= 4 is 5.97 Å². The highest BCUT2D eigenvalue weighted by Crippen LogP contribution is 2.31. The summed E-state index contributed by atoms with van der Waals surface area (Å²) in [7, 11) is 0. The molecule has 116 valence electrons. The summed E-state index contributed by atoms with van der Waals surface area (Å²) in [4.78, 5) is 13.8. The van der Waals surface area contributed by atoms with Crippen LogP contribution in [0.1, 0.15) is 71.1 Å². The second kappa shape index (κ2) is 6.90. The average Bonchev–Trinajstić information content (AvgIpc) is 2.46. The molecule has 4 nitrogen and oxygen atoms in total. The van der Waals surface area contributed by atoms with Crippen molar-refractivity contribution in [2.75, 3.05) is 6.54 Å². The summed E-state index contributed by atoms with van der Waals surface area (Å²) >= 11 is 0. The van der Waals surface area contributed by atoms with E-state index in [0.29, 0.717) is 18.6 Å². The molecule has 2 saturated carbocycles. The number of carboxylic acids is 1. The Morgan fingerprint density at radius 2 is 1.45 bits per heavy atom. The molecule has 0 saturated heterocycles. The van der Waals surface area contributed by atoms with E-state index in [9.17, 15) is 9.90 Å². The van der Waals surface area contributed by atoms with E-state index >= 15 is 0 Å². The second-order valence-electron chi connectivity index (χ2n) is 6.98. The fourth-order valence-corrected chi connectivity index (χ4v) is 3.83. The standard InChI is InChI=1S/C16H30N2O2/c1-16(17,15(19)20)12-18(13-8-4-2-5-9-13)14-10-6-3-7-11-14/h13-14H,2-12,17H2,1H3,(H,19,20). The van der Waals surface area contributed by atoms with E-state index in [1.165, 1.54) is 64.2 Å². The monoisotopic (exact) mass is 282 g/mol. The Morgan fingerprint density at radius 3 is 1.80 bits per heavy atom. The first-order valence-corrected chi connectivity index (χ1v) is 8.29. The van der Waals surface area contributed by atoms with Gasteiger partial charge in [-0.15, -0.1) is 0 Å². The molecule has 0 radical (unpaired) electrons. The smallest absolute Gasteiger partial charge is 0.324 e. The van der Waals surface area contributed by atoms with Crippen LogP contribution < -0.4 is 5.73 Å². The summed E-state index contributed by atoms with van der Waals surface area (Å²) < 4.78 is 0. The van der Waals surface area contributed by atoms with Gasteiger partial charge in [-0.25, -0.2) is 0 Å². The Bertz CT molecular complexity index is 300. The zero-order chi connectivity index (χ0) is 14.6. The molecule has 0 bridgehead atoms. The zero-order valence-electron chi connectivity index (χ0n) is 12.8. The van der Waals surface area contributed by atoms with Crippen molar-refractivity contribution in [1.82, 2.24) is 4.90 Å². The molecule has 0 heterocycles. The van der Waals surface area contributed by atoms with Gasteiger partial charge in [0.2, 0.25) is 0 Å². The minimum Gasteiger partial charge on any atom is -0.480 e. The molecule has 20 heavy (non-hydrogen) atoms. The van der Waals surface area contributed by atoms with Gasteiger partial charge in [-0.05, 0) is 32.6 Å². The van der Waals surface area contributed by atoms with Gasteiger partial charge in [0.05, 0.1) is 0 Å². The van der Waals surface area contributed by atoms with Crippen molar-refractivity contribution < 1.29 is 9.90 Å². The van der Waals surface area contributed by atoms with E-state index in [-0.39, 0.29) is 0 Å². The molecule has 3 N–H and O–H groups in total. The van der Waals surface area contributed by atoms with Crippen LogP contribution in [0.5, 0.6) is 0 Å². The lowest BCUT2D eigenvalue weighted by molar-refractivity contribution is -0.144. The van der Waals surface area contributed by atoms with Gasteiger partial charge >= 0.3 is 5.97 Å². The van der Waals surface area contributed by atoms with Crippen LogP contribution >= 0.6 is 0 Å². The molecule has 0 aromatic heterocycles. The van der Waals surface area contributed by atoms with Gasteiger partial charge in [0, 0.05) is 18.6 Å². The van der Waals surface area contributed by atoms with Gasteiger partial charge in [0.1, 0.15) is 5.54 Å². The Hall–Kier alpha value is -0.610. The van der Waals surface area contributed by atoms with Crippen LogP contribution in [0.25, 0.3) is 0 Å². The highest BCUT2D eigenvalue weighted by Gasteiger charge is 2.37. The SMILES string of the molecule is CC(N)(CN(C1CCCCC1)C1CCCCC1)C(=O)O. The van der Waals surface area contributed by atoms with Crippen molar-refractivity contribution in [1.29, 1.82) is 0 Å². The Balaban J connectivity index is 2.07. The van der Waals surface area contributed by atoms with E-state index in [1.54, 1.807) is 6.92 Å². The number of nitrogens with zero attached hydrogens (tertiary/aromatic N) is 1. The first-order chi connectivity index (χ1) is 9.50. The van der Waals surface area contributed by atoms with Crippen LogP contribution in [0.15, 0.2) is 0 Å². The molecule has 4 heteroatoms. The van der Waals surface area contributed by atoms with Crippen LogP contribution in [-0.4, -0.2) is 40.1 Å². The summed E-state index contributed by atoms with van der Waals surface area (Å²) in [5.74, 6) is -0.880. The summed E-state index contributed by atoms with van der Waals surface area (Å²) in [6.07, 6.45) is 12.6. The van der Waals surface area contributed by atoms with Crippen molar-refractivity contribution in [3.63, 3.8) is 0 Å². The van der Waals surface area contributed by atoms with Gasteiger partial charge in [-0.1, -0.05) is 38.5 Å². The third kappa shape index (κ3) is 3.95. The predicted molar refractivity (Wildman–Crippen MR) is 80.7 cm³/mol. The highest BCUT2D eigenvalue weighted by molar-refractivity contribution is 5.78. The number of nitrogens with two attached hydrogens (primary N) is 1. The lowest BCUT2D eigenvalue weighted by Crippen LogP contribution is -2.58. The van der Waals surface area contributed by atoms with Gasteiger partial charge < -0.3 is 10.8 Å². The molecule has 0 aromatic rings. The van der Waals surface area contributed by atoms with Crippen molar-refractivity contribution in [3.05, 3.63) is 0 Å². The molecule has 2 aliphatic rings. The third-order valence-corrected chi connectivity index (χ3v) is 5.09. The topological polar surface area (TPSA) is 66.6 Å². The molecule has 1 unspecified atom stereocenters. The summed E-state index contributed by atoms with van der Waals surface area (Å²) in [5.41, 5.74) is 4.90. The minimum absolute atomic E-state index is 0.498. The fraction of sp³-hybridized carbons (Fsp3) is 0.938. The molecule has 0 amide bonds. The molecular weight excluding hydrogens is 252 g/mol. The maximum atomic E-state index is 11.4. The fourth-order valence-electron chi connectivity index (χ4n) is 3.83. The zero-order valence-corrected chi connectivity index (χ0v) is 12.8. The average molecular weight is 282 g/mol. The van der Waals surface area contributed by atoms with E-state index in [1.807, 2.05) is 0 Å². The largest absolute Gasteiger partial charge is 0.480 e. The van der Waals surface area contributed by atoms with Crippen molar-refractivity contribution in [2.45, 2.75) is 88.8 Å². The molecule has 2 aliphatic carbocycles. The Morgan fingerprint density at radius 1 is 1.05 bits per heavy atom. The van der Waals surface area contributed by atoms with Crippen molar-refractivity contribution in [2.24, 2.45) is 5.73 Å². The van der Waals surface area contributed by atoms with E-state index in [4.69, 9.17) is 5.73 Å². The van der Waals surface area contributed by atoms with Crippen LogP contribution in [0, 0.1) is 0 Å². The normalized spacial score (nSPS) is 25.6. The van der Waals surface area contributed by atoms with E-state index in [0.717, 1.165) is 0 Å². The van der Waals surface area contributed by atoms with Gasteiger partial charge in [0.25, 0.3) is 0 Å². The third-order valence-electron chi connectivity index (χ3n) is 5.09. The lowest BCUT2D eigenvalue weighted by atomic mass is 9.87. The maximum Gasteiger partial charge on any atom is 0.324 e. The molecule has 2 fully saturated rings. The van der Waals surface area contributed by atoms with Crippen molar-refractivity contribution in [3.8, 4) is 0 Å². The second-order valence-corrected chi connectivity index (χ2v) is 6.98. The summed E-state index contributed by atoms with van der Waals surface area (Å²) in [5, 5.41) is 9.34. The minimum atomic E-state index is -1.13. The van der Waals surface area contributed by atoms with Gasteiger partial charge in [0.15, 0.2) is 0 Å². The first-order valence-electron chi connectivity index (χ1n) is 8.29. The van der Waals surface area contributed by atoms with E-state index < -0.39 is 11.5 Å². The van der Waals surface area contributed by atoms with Crippen LogP contribution in [-0.2, 0) is 4.79 Å². The molecule has 0 aromatic carbocycles. The van der Waals surface area contributed by atoms with Crippen LogP contribution in [0.3, 0.4) is 0 Å². The first kappa shape index (κ1) is 15.8. The maximum absolute atomic E-state index is 11.4. The van der Waals surface area contributed by atoms with Crippen LogP contribution in [0.4, 0.5) is 0 Å². The molecule has 1 atom stereocenters. The summed E-state index contributed by atoms with van der Waals surface area (Å²) in [6, 6.07) is 1.10. The number of carbonyl (C=O) groups is 1. The highest BCUT2D eigenvalue weighted by atomic mass is 16.4. The molecular formula is C16H30N2O2. The lowest BCUT2D eigenvalue weighted by Gasteiger charge is -2.44. The quantitative estimate of drug-likeness (QED) is 0.813. The number of hydrogen-bond acceptors (Lipinski definition) is 3. The molecule has 0 aliphatic heterocycles. The van der Waals surface area contributed by atoms with Gasteiger partial charge in [-0.3, -0.25) is 9.69 Å². The Kier molecular flexibility index (Phi) is 5.44. The summed E-state index contributed by atoms with van der Waals surface area (Å²) in [6.45, 7) is 2.16. The molecule has 2 rings (SSSR count). The number of rotatable bonds is 5. The number of hydrogen-bond donors (Lipinski definition) is 2. The number of carboxylic acid groups (broad SMARTS) is 1. The van der Waals surface area contributed by atoms with E-state index in [2.05, 4.69) is 4.90 Å². The van der Waals surface area contributed by atoms with Crippen LogP contribution in [0.2, 0.25) is 0 Å². The molecule has 0 spiro atoms. The Labute approximate surface area is 122 Å².